The van der Waals surface area contributed by atoms with Gasteiger partial charge in [0.15, 0.2) is 0 Å². The van der Waals surface area contributed by atoms with Crippen LogP contribution in [0.5, 0.6) is 0 Å². The van der Waals surface area contributed by atoms with Crippen LogP contribution in [0.2, 0.25) is 0 Å². The molecule has 1 spiro atoms. The normalized spacial score (nSPS) is 27.6. The smallest absolute Gasteiger partial charge is 0.107 e. The Kier molecular flexibility index (Phi) is 4.43. The van der Waals surface area contributed by atoms with E-state index < -0.39 is 0 Å². The van der Waals surface area contributed by atoms with Gasteiger partial charge < -0.3 is 5.32 Å². The van der Waals surface area contributed by atoms with Gasteiger partial charge in [-0.15, -0.1) is 11.3 Å². The summed E-state index contributed by atoms with van der Waals surface area (Å²) in [6.45, 7) is 7.88. The fourth-order valence-corrected chi connectivity index (χ4v) is 4.55. The summed E-state index contributed by atoms with van der Waals surface area (Å²) in [5.74, 6) is 0. The molecule has 0 bridgehead atoms. The van der Waals surface area contributed by atoms with Crippen LogP contribution >= 0.6 is 11.3 Å². The first-order chi connectivity index (χ1) is 9.67. The number of aromatic nitrogens is 1. The lowest BCUT2D eigenvalue weighted by Crippen LogP contribution is -2.53. The van der Waals surface area contributed by atoms with E-state index in [2.05, 4.69) is 34.4 Å². The second kappa shape index (κ2) is 6.12. The zero-order valence-corrected chi connectivity index (χ0v) is 13.6. The van der Waals surface area contributed by atoms with E-state index in [1.54, 1.807) is 0 Å². The number of aryl methyl sites for hydroxylation is 1. The van der Waals surface area contributed by atoms with Crippen molar-refractivity contribution in [2.45, 2.75) is 70.5 Å². The minimum absolute atomic E-state index is 0.384. The molecule has 1 aliphatic carbocycles. The van der Waals surface area contributed by atoms with Crippen LogP contribution in [0, 0.1) is 6.92 Å². The molecule has 2 fully saturated rings. The Labute approximate surface area is 126 Å². The van der Waals surface area contributed by atoms with E-state index in [1.807, 2.05) is 11.3 Å². The van der Waals surface area contributed by atoms with Crippen LogP contribution in [0.25, 0.3) is 0 Å². The van der Waals surface area contributed by atoms with Crippen molar-refractivity contribution in [1.29, 1.82) is 0 Å². The quantitative estimate of drug-likeness (QED) is 0.906. The maximum atomic E-state index is 4.66. The van der Waals surface area contributed by atoms with Gasteiger partial charge in [0.05, 0.1) is 6.54 Å². The average Bonchev–Trinajstić information content (AvgIpc) is 2.78. The van der Waals surface area contributed by atoms with E-state index in [1.165, 1.54) is 56.6 Å². The number of hydrogen-bond donors (Lipinski definition) is 1. The van der Waals surface area contributed by atoms with Crippen molar-refractivity contribution in [2.24, 2.45) is 0 Å². The molecule has 2 heterocycles. The first kappa shape index (κ1) is 14.5. The molecule has 1 saturated heterocycles. The number of thiazole rings is 1. The SMILES string of the molecule is Cc1csc(CN2CC3(CCCCC3)NCCC2C)n1. The molecule has 0 aromatic carbocycles. The summed E-state index contributed by atoms with van der Waals surface area (Å²) in [4.78, 5) is 7.33. The first-order valence-corrected chi connectivity index (χ1v) is 8.95. The van der Waals surface area contributed by atoms with E-state index >= 15 is 0 Å². The van der Waals surface area contributed by atoms with Gasteiger partial charge in [0.2, 0.25) is 0 Å². The second-order valence-electron chi connectivity index (χ2n) is 6.69. The van der Waals surface area contributed by atoms with Crippen molar-refractivity contribution in [3.63, 3.8) is 0 Å². The van der Waals surface area contributed by atoms with Crippen LogP contribution in [0.1, 0.15) is 56.2 Å². The number of nitrogens with zero attached hydrogens (tertiary/aromatic N) is 2. The van der Waals surface area contributed by atoms with Gasteiger partial charge >= 0.3 is 0 Å². The molecular weight excluding hydrogens is 266 g/mol. The van der Waals surface area contributed by atoms with Crippen LogP contribution in [0.3, 0.4) is 0 Å². The average molecular weight is 293 g/mol. The van der Waals surface area contributed by atoms with Crippen molar-refractivity contribution >= 4 is 11.3 Å². The Bertz CT molecular complexity index is 437. The molecule has 0 radical (unpaired) electrons. The molecule has 1 unspecified atom stereocenters. The zero-order valence-electron chi connectivity index (χ0n) is 12.8. The highest BCUT2D eigenvalue weighted by molar-refractivity contribution is 7.09. The van der Waals surface area contributed by atoms with E-state index in [4.69, 9.17) is 0 Å². The summed E-state index contributed by atoms with van der Waals surface area (Å²) in [5.41, 5.74) is 1.55. The van der Waals surface area contributed by atoms with Gasteiger partial charge in [-0.3, -0.25) is 4.90 Å². The fourth-order valence-electron chi connectivity index (χ4n) is 3.75. The van der Waals surface area contributed by atoms with Crippen molar-refractivity contribution in [1.82, 2.24) is 15.2 Å². The molecule has 3 rings (SSSR count). The van der Waals surface area contributed by atoms with Gasteiger partial charge in [-0.1, -0.05) is 19.3 Å². The molecule has 0 amide bonds. The highest BCUT2D eigenvalue weighted by Crippen LogP contribution is 2.32. The molecule has 1 aromatic heterocycles. The predicted molar refractivity (Wildman–Crippen MR) is 85.2 cm³/mol. The number of hydrogen-bond acceptors (Lipinski definition) is 4. The Balaban J connectivity index is 1.72. The Morgan fingerprint density at radius 3 is 2.90 bits per heavy atom. The summed E-state index contributed by atoms with van der Waals surface area (Å²) < 4.78 is 0. The Morgan fingerprint density at radius 1 is 1.40 bits per heavy atom. The lowest BCUT2D eigenvalue weighted by Gasteiger charge is -2.40. The zero-order chi connectivity index (χ0) is 14.0. The number of nitrogens with one attached hydrogen (secondary N) is 1. The van der Waals surface area contributed by atoms with Crippen LogP contribution in [-0.2, 0) is 6.54 Å². The topological polar surface area (TPSA) is 28.2 Å². The molecule has 1 saturated carbocycles. The van der Waals surface area contributed by atoms with Crippen LogP contribution in [-0.4, -0.2) is 34.6 Å². The molecule has 1 atom stereocenters. The van der Waals surface area contributed by atoms with E-state index in [-0.39, 0.29) is 0 Å². The summed E-state index contributed by atoms with van der Waals surface area (Å²) in [6, 6.07) is 0.660. The minimum Gasteiger partial charge on any atom is -0.310 e. The van der Waals surface area contributed by atoms with E-state index in [9.17, 15) is 0 Å². The molecule has 112 valence electrons. The highest BCUT2D eigenvalue weighted by Gasteiger charge is 2.36. The van der Waals surface area contributed by atoms with Gasteiger partial charge in [-0.25, -0.2) is 4.98 Å². The van der Waals surface area contributed by atoms with Crippen molar-refractivity contribution in [3.8, 4) is 0 Å². The minimum atomic E-state index is 0.384. The first-order valence-electron chi connectivity index (χ1n) is 8.07. The van der Waals surface area contributed by atoms with Crippen LogP contribution in [0.15, 0.2) is 5.38 Å². The van der Waals surface area contributed by atoms with Crippen molar-refractivity contribution in [3.05, 3.63) is 16.1 Å². The molecule has 3 nitrogen and oxygen atoms in total. The maximum absolute atomic E-state index is 4.66. The lowest BCUT2D eigenvalue weighted by molar-refractivity contribution is 0.131. The van der Waals surface area contributed by atoms with Gasteiger partial charge in [-0.05, 0) is 39.7 Å². The standard InChI is InChI=1S/C16H27N3S/c1-13-11-20-15(18-13)10-19-12-16(7-4-3-5-8-16)17-9-6-14(19)2/h11,14,17H,3-10,12H2,1-2H3. The predicted octanol–water partition coefficient (Wildman–Crippen LogP) is 3.34. The van der Waals surface area contributed by atoms with Gasteiger partial charge in [0.1, 0.15) is 5.01 Å². The monoisotopic (exact) mass is 293 g/mol. The third-order valence-corrected chi connectivity index (χ3v) is 5.96. The molecule has 2 aliphatic rings. The van der Waals surface area contributed by atoms with E-state index in [0.717, 1.165) is 12.2 Å². The van der Waals surface area contributed by atoms with E-state index in [0.29, 0.717) is 11.6 Å². The molecule has 1 aromatic rings. The lowest BCUT2D eigenvalue weighted by atomic mass is 9.81. The van der Waals surface area contributed by atoms with Gasteiger partial charge in [0.25, 0.3) is 0 Å². The second-order valence-corrected chi connectivity index (χ2v) is 7.64. The molecule has 4 heteroatoms. The van der Waals surface area contributed by atoms with Crippen LogP contribution in [0.4, 0.5) is 0 Å². The summed E-state index contributed by atoms with van der Waals surface area (Å²) >= 11 is 1.81. The van der Waals surface area contributed by atoms with Crippen molar-refractivity contribution < 1.29 is 0 Å². The van der Waals surface area contributed by atoms with Gasteiger partial charge in [0, 0.05) is 29.2 Å². The van der Waals surface area contributed by atoms with Crippen LogP contribution < -0.4 is 5.32 Å². The third-order valence-electron chi connectivity index (χ3n) is 5.01. The summed E-state index contributed by atoms with van der Waals surface area (Å²) in [5, 5.41) is 7.34. The molecule has 1 N–H and O–H groups in total. The molecular formula is C16H27N3S. The summed E-state index contributed by atoms with van der Waals surface area (Å²) in [6.07, 6.45) is 8.17. The number of rotatable bonds is 2. The Hall–Kier alpha value is -0.450. The van der Waals surface area contributed by atoms with Crippen molar-refractivity contribution in [2.75, 3.05) is 13.1 Å². The maximum Gasteiger partial charge on any atom is 0.107 e. The highest BCUT2D eigenvalue weighted by atomic mass is 32.1. The summed E-state index contributed by atoms with van der Waals surface area (Å²) in [7, 11) is 0. The Morgan fingerprint density at radius 2 is 2.20 bits per heavy atom. The largest absolute Gasteiger partial charge is 0.310 e. The third kappa shape index (κ3) is 3.23. The molecule has 1 aliphatic heterocycles. The fraction of sp³-hybridized carbons (Fsp3) is 0.812. The van der Waals surface area contributed by atoms with Gasteiger partial charge in [-0.2, -0.15) is 0 Å². The molecule has 20 heavy (non-hydrogen) atoms.